The first-order valence-electron chi connectivity index (χ1n) is 7.29. The summed E-state index contributed by atoms with van der Waals surface area (Å²) in [6, 6.07) is 19.2. The summed E-state index contributed by atoms with van der Waals surface area (Å²) < 4.78 is 6.73. The van der Waals surface area contributed by atoms with Crippen LogP contribution in [0.3, 0.4) is 0 Å². The van der Waals surface area contributed by atoms with Crippen molar-refractivity contribution in [3.05, 3.63) is 86.6 Å². The molecule has 0 bridgehead atoms. The highest BCUT2D eigenvalue weighted by atomic mass is 79.9. The Bertz CT molecular complexity index is 998. The number of nitrogens with zero attached hydrogens (tertiary/aromatic N) is 2. The molecule has 0 fully saturated rings. The number of non-ortho nitro benzene ring substituents is 1. The lowest BCUT2D eigenvalue weighted by Gasteiger charge is -1.99. The summed E-state index contributed by atoms with van der Waals surface area (Å²) >= 11 is 3.42. The van der Waals surface area contributed by atoms with E-state index in [1.165, 1.54) is 12.1 Å². The van der Waals surface area contributed by atoms with E-state index in [1.54, 1.807) is 24.3 Å². The van der Waals surface area contributed by atoms with Crippen LogP contribution in [0.4, 0.5) is 5.69 Å². The van der Waals surface area contributed by atoms with Gasteiger partial charge in [-0.1, -0.05) is 28.1 Å². The third kappa shape index (κ3) is 3.84. The zero-order chi connectivity index (χ0) is 17.8. The van der Waals surface area contributed by atoms with E-state index < -0.39 is 4.92 Å². The quantitative estimate of drug-likeness (QED) is 0.323. The minimum atomic E-state index is -0.476. The summed E-state index contributed by atoms with van der Waals surface area (Å²) in [4.78, 5) is 10.2. The van der Waals surface area contributed by atoms with Crippen molar-refractivity contribution in [1.82, 2.24) is 0 Å². The Morgan fingerprint density at radius 3 is 2.56 bits per heavy atom. The van der Waals surface area contributed by atoms with Crippen molar-refractivity contribution >= 4 is 33.3 Å². The average molecular weight is 395 g/mol. The molecule has 0 spiro atoms. The van der Waals surface area contributed by atoms with E-state index in [9.17, 15) is 15.4 Å². The third-order valence-corrected chi connectivity index (χ3v) is 4.03. The summed E-state index contributed by atoms with van der Waals surface area (Å²) in [5, 5.41) is 20.1. The summed E-state index contributed by atoms with van der Waals surface area (Å²) in [6.07, 6.45) is 1.61. The van der Waals surface area contributed by atoms with Crippen molar-refractivity contribution in [3.63, 3.8) is 0 Å². The normalized spacial score (nSPS) is 11.1. The highest BCUT2D eigenvalue weighted by molar-refractivity contribution is 9.10. The number of nitro benzene ring substituents is 1. The molecule has 0 atom stereocenters. The van der Waals surface area contributed by atoms with Crippen molar-refractivity contribution < 1.29 is 9.34 Å². The minimum absolute atomic E-state index is 0.0176. The Morgan fingerprint density at radius 2 is 1.92 bits per heavy atom. The fourth-order valence-corrected chi connectivity index (χ4v) is 2.71. The van der Waals surface area contributed by atoms with E-state index in [4.69, 9.17) is 4.42 Å². The van der Waals surface area contributed by atoms with Gasteiger partial charge in [0.2, 0.25) is 0 Å². The molecule has 0 amide bonds. The summed E-state index contributed by atoms with van der Waals surface area (Å²) in [5.74, 6) is 1.22. The Hall–Kier alpha value is -3.17. The van der Waals surface area contributed by atoms with Crippen LogP contribution < -0.4 is 0 Å². The fraction of sp³-hybridized carbons (Fsp3) is 0. The highest BCUT2D eigenvalue weighted by Crippen LogP contribution is 2.27. The first-order chi connectivity index (χ1) is 12.1. The number of furan rings is 1. The zero-order valence-corrected chi connectivity index (χ0v) is 14.4. The van der Waals surface area contributed by atoms with E-state index in [1.807, 2.05) is 30.3 Å². The molecule has 0 radical (unpaired) electrons. The highest BCUT2D eigenvalue weighted by Gasteiger charge is 2.09. The Labute approximate surface area is 152 Å². The summed E-state index contributed by atoms with van der Waals surface area (Å²) in [6.45, 7) is 0. The molecule has 3 aromatic rings. The summed E-state index contributed by atoms with van der Waals surface area (Å²) in [7, 11) is 0. The first kappa shape index (κ1) is 16.7. The molecule has 0 saturated heterocycles. The van der Waals surface area contributed by atoms with Gasteiger partial charge in [-0.25, -0.2) is 0 Å². The van der Waals surface area contributed by atoms with Gasteiger partial charge in [-0.2, -0.15) is 5.26 Å². The van der Waals surface area contributed by atoms with Crippen LogP contribution in [-0.4, -0.2) is 4.92 Å². The molecule has 6 heteroatoms. The lowest BCUT2D eigenvalue weighted by molar-refractivity contribution is -0.384. The van der Waals surface area contributed by atoms with Gasteiger partial charge in [-0.05, 0) is 48.0 Å². The number of hydrogen-bond acceptors (Lipinski definition) is 4. The van der Waals surface area contributed by atoms with E-state index in [-0.39, 0.29) is 5.69 Å². The number of allylic oxidation sites excluding steroid dienone is 1. The van der Waals surface area contributed by atoms with Crippen LogP contribution in [0.1, 0.15) is 11.3 Å². The van der Waals surface area contributed by atoms with Crippen LogP contribution in [0.15, 0.2) is 69.6 Å². The van der Waals surface area contributed by atoms with Crippen LogP contribution in [0.5, 0.6) is 0 Å². The monoisotopic (exact) mass is 394 g/mol. The van der Waals surface area contributed by atoms with E-state index in [0.29, 0.717) is 22.7 Å². The maximum absolute atomic E-state index is 10.7. The van der Waals surface area contributed by atoms with Gasteiger partial charge in [0.25, 0.3) is 5.69 Å². The van der Waals surface area contributed by atoms with Crippen molar-refractivity contribution in [3.8, 4) is 17.4 Å². The van der Waals surface area contributed by atoms with Crippen LogP contribution in [-0.2, 0) is 0 Å². The Balaban J connectivity index is 1.90. The second-order valence-electron chi connectivity index (χ2n) is 5.19. The number of nitriles is 1. The molecule has 122 valence electrons. The molecular weight excluding hydrogens is 384 g/mol. The summed E-state index contributed by atoms with van der Waals surface area (Å²) in [5.41, 5.74) is 1.86. The molecule has 25 heavy (non-hydrogen) atoms. The smallest absolute Gasteiger partial charge is 0.269 e. The molecule has 0 aliphatic heterocycles. The van der Waals surface area contributed by atoms with Crippen molar-refractivity contribution in [2.45, 2.75) is 0 Å². The second-order valence-corrected chi connectivity index (χ2v) is 6.10. The van der Waals surface area contributed by atoms with Gasteiger partial charge in [0.1, 0.15) is 11.5 Å². The topological polar surface area (TPSA) is 80.1 Å². The molecule has 1 aromatic heterocycles. The predicted octanol–water partition coefficient (Wildman–Crippen LogP) is 5.68. The van der Waals surface area contributed by atoms with E-state index in [2.05, 4.69) is 22.0 Å². The fourth-order valence-electron chi connectivity index (χ4n) is 2.31. The molecule has 2 aromatic carbocycles. The molecule has 1 heterocycles. The number of halogens is 1. The van der Waals surface area contributed by atoms with Crippen molar-refractivity contribution in [1.29, 1.82) is 5.26 Å². The number of benzene rings is 2. The number of nitro groups is 1. The van der Waals surface area contributed by atoms with Gasteiger partial charge in [0, 0.05) is 22.2 Å². The van der Waals surface area contributed by atoms with Crippen LogP contribution >= 0.6 is 15.9 Å². The lowest BCUT2D eigenvalue weighted by atomic mass is 10.1. The molecule has 0 aliphatic rings. The Morgan fingerprint density at radius 1 is 1.16 bits per heavy atom. The number of hydrogen-bond donors (Lipinski definition) is 0. The standard InChI is InChI=1S/C19H11BrN2O3/c20-16-3-1-2-14(10-16)19-9-8-18(25-19)11-15(12-21)13-4-6-17(7-5-13)22(23)24/h1-11H/b15-11-. The van der Waals surface area contributed by atoms with Gasteiger partial charge >= 0.3 is 0 Å². The minimum Gasteiger partial charge on any atom is -0.457 e. The van der Waals surface area contributed by atoms with E-state index >= 15 is 0 Å². The second kappa shape index (κ2) is 7.16. The third-order valence-electron chi connectivity index (χ3n) is 3.53. The molecule has 0 saturated carbocycles. The maximum Gasteiger partial charge on any atom is 0.269 e. The van der Waals surface area contributed by atoms with Crippen LogP contribution in [0.25, 0.3) is 23.0 Å². The first-order valence-corrected chi connectivity index (χ1v) is 8.08. The van der Waals surface area contributed by atoms with Gasteiger partial charge in [-0.15, -0.1) is 0 Å². The van der Waals surface area contributed by atoms with Gasteiger partial charge < -0.3 is 4.42 Å². The van der Waals surface area contributed by atoms with E-state index in [0.717, 1.165) is 10.0 Å². The molecular formula is C19H11BrN2O3. The number of rotatable bonds is 4. The van der Waals surface area contributed by atoms with Crippen molar-refractivity contribution in [2.75, 3.05) is 0 Å². The SMILES string of the molecule is N#C/C(=C/c1ccc(-c2cccc(Br)c2)o1)c1ccc([N+](=O)[O-])cc1. The predicted molar refractivity (Wildman–Crippen MR) is 98.4 cm³/mol. The lowest BCUT2D eigenvalue weighted by Crippen LogP contribution is -1.88. The Kier molecular flexibility index (Phi) is 4.78. The van der Waals surface area contributed by atoms with Gasteiger partial charge in [-0.3, -0.25) is 10.1 Å². The molecule has 0 aliphatic carbocycles. The average Bonchev–Trinajstić information content (AvgIpc) is 3.08. The van der Waals surface area contributed by atoms with Gasteiger partial charge in [0.15, 0.2) is 0 Å². The molecule has 0 N–H and O–H groups in total. The van der Waals surface area contributed by atoms with Gasteiger partial charge in [0.05, 0.1) is 16.6 Å². The van der Waals surface area contributed by atoms with Crippen LogP contribution in [0.2, 0.25) is 0 Å². The molecule has 3 rings (SSSR count). The molecule has 5 nitrogen and oxygen atoms in total. The maximum atomic E-state index is 10.7. The van der Waals surface area contributed by atoms with Crippen molar-refractivity contribution in [2.24, 2.45) is 0 Å². The molecule has 0 unspecified atom stereocenters. The zero-order valence-electron chi connectivity index (χ0n) is 12.8. The van der Waals surface area contributed by atoms with Crippen LogP contribution in [0, 0.1) is 21.4 Å². The largest absolute Gasteiger partial charge is 0.457 e.